The maximum Gasteiger partial charge on any atom is 0.411 e. The highest BCUT2D eigenvalue weighted by atomic mass is 16.6. The van der Waals surface area contributed by atoms with E-state index in [1.54, 1.807) is 38.1 Å². The van der Waals surface area contributed by atoms with Gasteiger partial charge in [0.2, 0.25) is 0 Å². The number of amides is 2. The molecule has 0 aromatic heterocycles. The Hall–Kier alpha value is -3.06. The van der Waals surface area contributed by atoms with Crippen LogP contribution in [0.25, 0.3) is 0 Å². The maximum absolute atomic E-state index is 11.8. The maximum atomic E-state index is 11.8. The highest BCUT2D eigenvalue weighted by Gasteiger charge is 2.13. The second-order valence-corrected chi connectivity index (χ2v) is 5.95. The Morgan fingerprint density at radius 1 is 0.741 bits per heavy atom. The van der Waals surface area contributed by atoms with Crippen LogP contribution in [-0.4, -0.2) is 37.6 Å². The van der Waals surface area contributed by atoms with Crippen LogP contribution < -0.4 is 10.6 Å². The third-order valence-electron chi connectivity index (χ3n) is 3.36. The second-order valence-electron chi connectivity index (χ2n) is 5.95. The molecule has 0 spiro atoms. The zero-order valence-corrected chi connectivity index (χ0v) is 15.4. The van der Waals surface area contributed by atoms with Crippen LogP contribution in [0.3, 0.4) is 0 Å². The number of rotatable bonds is 8. The molecule has 2 aromatic carbocycles. The molecule has 2 rings (SSSR count). The van der Waals surface area contributed by atoms with Gasteiger partial charge in [0, 0.05) is 11.4 Å². The van der Waals surface area contributed by atoms with Crippen molar-refractivity contribution in [1.29, 1.82) is 0 Å². The van der Waals surface area contributed by atoms with E-state index in [4.69, 9.17) is 14.2 Å². The lowest BCUT2D eigenvalue weighted by atomic mass is 10.3. The monoisotopic (exact) mass is 372 g/mol. The fourth-order valence-electron chi connectivity index (χ4n) is 2.17. The number of benzene rings is 2. The van der Waals surface area contributed by atoms with E-state index in [1.807, 2.05) is 36.4 Å². The zero-order valence-electron chi connectivity index (χ0n) is 15.4. The van der Waals surface area contributed by atoms with Crippen molar-refractivity contribution in [3.05, 3.63) is 60.7 Å². The molecule has 144 valence electrons. The molecular weight excluding hydrogens is 348 g/mol. The van der Waals surface area contributed by atoms with Gasteiger partial charge in [-0.25, -0.2) is 9.59 Å². The molecule has 2 amide bonds. The summed E-state index contributed by atoms with van der Waals surface area (Å²) in [5, 5.41) is 5.25. The number of anilines is 2. The number of para-hydroxylation sites is 2. The third-order valence-corrected chi connectivity index (χ3v) is 3.36. The van der Waals surface area contributed by atoms with Gasteiger partial charge in [-0.15, -0.1) is 0 Å². The number of hydrogen-bond acceptors (Lipinski definition) is 5. The third kappa shape index (κ3) is 8.24. The van der Waals surface area contributed by atoms with Crippen LogP contribution in [0.4, 0.5) is 21.0 Å². The van der Waals surface area contributed by atoms with E-state index in [2.05, 4.69) is 10.6 Å². The van der Waals surface area contributed by atoms with Crippen molar-refractivity contribution in [1.82, 2.24) is 0 Å². The van der Waals surface area contributed by atoms with Crippen LogP contribution >= 0.6 is 0 Å². The van der Waals surface area contributed by atoms with Crippen LogP contribution in [0.15, 0.2) is 60.7 Å². The molecule has 0 aliphatic rings. The topological polar surface area (TPSA) is 85.9 Å². The van der Waals surface area contributed by atoms with Gasteiger partial charge in [0.25, 0.3) is 0 Å². The minimum Gasteiger partial charge on any atom is -0.444 e. The predicted molar refractivity (Wildman–Crippen MR) is 103 cm³/mol. The summed E-state index contributed by atoms with van der Waals surface area (Å²) in [5.74, 6) is 0. The first-order chi connectivity index (χ1) is 13.0. The van der Waals surface area contributed by atoms with Crippen LogP contribution in [-0.2, 0) is 14.2 Å². The average Bonchev–Trinajstić information content (AvgIpc) is 2.63. The summed E-state index contributed by atoms with van der Waals surface area (Å²) in [4.78, 5) is 23.5. The van der Waals surface area contributed by atoms with Crippen LogP contribution in [0, 0.1) is 0 Å². The molecule has 0 aliphatic carbocycles. The van der Waals surface area contributed by atoms with Crippen molar-refractivity contribution in [3.63, 3.8) is 0 Å². The SMILES string of the molecule is CC(COCC(C)OC(=O)Nc1ccccc1)OC(=O)Nc1ccccc1. The van der Waals surface area contributed by atoms with E-state index in [1.165, 1.54) is 0 Å². The van der Waals surface area contributed by atoms with Crippen LogP contribution in [0.2, 0.25) is 0 Å². The molecule has 2 atom stereocenters. The fourth-order valence-corrected chi connectivity index (χ4v) is 2.17. The van der Waals surface area contributed by atoms with E-state index < -0.39 is 24.4 Å². The van der Waals surface area contributed by atoms with Crippen molar-refractivity contribution in [2.24, 2.45) is 0 Å². The molecule has 7 nitrogen and oxygen atoms in total. The molecule has 0 bridgehead atoms. The molecule has 0 radical (unpaired) electrons. The Balaban J connectivity index is 1.60. The van der Waals surface area contributed by atoms with E-state index in [0.717, 1.165) is 0 Å². The molecule has 2 N–H and O–H groups in total. The lowest BCUT2D eigenvalue weighted by Gasteiger charge is -2.17. The molecule has 0 fully saturated rings. The number of nitrogens with one attached hydrogen (secondary N) is 2. The van der Waals surface area contributed by atoms with Crippen molar-refractivity contribution < 1.29 is 23.8 Å². The Kier molecular flexibility index (Phi) is 8.12. The van der Waals surface area contributed by atoms with Gasteiger partial charge >= 0.3 is 12.2 Å². The quantitative estimate of drug-likeness (QED) is 0.722. The molecule has 7 heteroatoms. The highest BCUT2D eigenvalue weighted by molar-refractivity contribution is 5.85. The van der Waals surface area contributed by atoms with Gasteiger partial charge < -0.3 is 14.2 Å². The lowest BCUT2D eigenvalue weighted by Crippen LogP contribution is -2.28. The molecule has 27 heavy (non-hydrogen) atoms. The van der Waals surface area contributed by atoms with Gasteiger partial charge in [-0.2, -0.15) is 0 Å². The molecular formula is C20H24N2O5. The fraction of sp³-hybridized carbons (Fsp3) is 0.300. The first-order valence-corrected chi connectivity index (χ1v) is 8.66. The summed E-state index contributed by atoms with van der Waals surface area (Å²) < 4.78 is 15.9. The first kappa shape index (κ1) is 20.3. The standard InChI is InChI=1S/C20H24N2O5/c1-15(26-19(23)21-17-9-5-3-6-10-17)13-25-14-16(2)27-20(24)22-18-11-7-4-8-12-18/h3-12,15-16H,13-14H2,1-2H3,(H,21,23)(H,22,24). The molecule has 0 saturated carbocycles. The van der Waals surface area contributed by atoms with E-state index >= 15 is 0 Å². The first-order valence-electron chi connectivity index (χ1n) is 8.66. The van der Waals surface area contributed by atoms with Crippen molar-refractivity contribution >= 4 is 23.6 Å². The molecule has 2 aromatic rings. The summed E-state index contributed by atoms with van der Waals surface area (Å²) in [6.07, 6.45) is -1.99. The van der Waals surface area contributed by atoms with Crippen LogP contribution in [0.1, 0.15) is 13.8 Å². The molecule has 0 saturated heterocycles. The van der Waals surface area contributed by atoms with E-state index in [-0.39, 0.29) is 13.2 Å². The van der Waals surface area contributed by atoms with Gasteiger partial charge in [0.1, 0.15) is 12.2 Å². The van der Waals surface area contributed by atoms with Gasteiger partial charge in [-0.1, -0.05) is 36.4 Å². The smallest absolute Gasteiger partial charge is 0.411 e. The number of carbonyl (C=O) groups is 2. The minimum absolute atomic E-state index is 0.191. The number of carbonyl (C=O) groups excluding carboxylic acids is 2. The number of hydrogen-bond donors (Lipinski definition) is 2. The summed E-state index contributed by atoms with van der Waals surface area (Å²) >= 11 is 0. The Morgan fingerprint density at radius 3 is 1.48 bits per heavy atom. The van der Waals surface area contributed by atoms with Gasteiger partial charge in [-0.3, -0.25) is 10.6 Å². The van der Waals surface area contributed by atoms with E-state index in [9.17, 15) is 9.59 Å². The summed E-state index contributed by atoms with van der Waals surface area (Å²) in [6, 6.07) is 18.0. The molecule has 0 heterocycles. The Morgan fingerprint density at radius 2 is 1.11 bits per heavy atom. The molecule has 2 unspecified atom stereocenters. The summed E-state index contributed by atoms with van der Waals surface area (Å²) in [6.45, 7) is 3.82. The summed E-state index contributed by atoms with van der Waals surface area (Å²) in [5.41, 5.74) is 1.31. The normalized spacial score (nSPS) is 12.5. The predicted octanol–water partition coefficient (Wildman–Crippen LogP) is 4.28. The van der Waals surface area contributed by atoms with Gasteiger partial charge in [0.05, 0.1) is 13.2 Å². The van der Waals surface area contributed by atoms with Crippen LogP contribution in [0.5, 0.6) is 0 Å². The highest BCUT2D eigenvalue weighted by Crippen LogP contribution is 2.08. The molecule has 0 aliphatic heterocycles. The Labute approximate surface area is 158 Å². The lowest BCUT2D eigenvalue weighted by molar-refractivity contribution is -0.00472. The van der Waals surface area contributed by atoms with Gasteiger partial charge in [-0.05, 0) is 38.1 Å². The summed E-state index contributed by atoms with van der Waals surface area (Å²) in [7, 11) is 0. The zero-order chi connectivity index (χ0) is 19.5. The minimum atomic E-state index is -0.552. The van der Waals surface area contributed by atoms with Crippen molar-refractivity contribution in [3.8, 4) is 0 Å². The second kappa shape index (κ2) is 10.8. The number of ether oxygens (including phenoxy) is 3. The van der Waals surface area contributed by atoms with E-state index in [0.29, 0.717) is 11.4 Å². The average molecular weight is 372 g/mol. The Bertz CT molecular complexity index is 647. The van der Waals surface area contributed by atoms with Crippen molar-refractivity contribution in [2.45, 2.75) is 26.1 Å². The largest absolute Gasteiger partial charge is 0.444 e. The van der Waals surface area contributed by atoms with Crippen molar-refractivity contribution in [2.75, 3.05) is 23.8 Å². The van der Waals surface area contributed by atoms with Gasteiger partial charge in [0.15, 0.2) is 0 Å².